The first kappa shape index (κ1) is 22.5. The summed E-state index contributed by atoms with van der Waals surface area (Å²) in [5.41, 5.74) is 4.09. The molecule has 0 unspecified atom stereocenters. The van der Waals surface area contributed by atoms with Crippen LogP contribution >= 0.6 is 11.6 Å². The van der Waals surface area contributed by atoms with Crippen LogP contribution in [0.4, 0.5) is 4.39 Å². The maximum atomic E-state index is 13.1. The summed E-state index contributed by atoms with van der Waals surface area (Å²) < 4.78 is 21.7. The molecule has 0 spiro atoms. The zero-order chi connectivity index (χ0) is 22.7. The van der Waals surface area contributed by atoms with Crippen LogP contribution < -0.4 is 0 Å². The first-order valence-electron chi connectivity index (χ1n) is 9.78. The van der Waals surface area contributed by atoms with Crippen molar-refractivity contribution in [2.45, 2.75) is 34.2 Å². The Hall–Kier alpha value is -3.19. The molecular weight excluding hydrogens is 421 g/mol. The Kier molecular flexibility index (Phi) is 6.75. The molecule has 2 aromatic heterocycles. The van der Waals surface area contributed by atoms with E-state index in [4.69, 9.17) is 16.3 Å². The molecule has 0 saturated carbocycles. The molecule has 0 atom stereocenters. The van der Waals surface area contributed by atoms with Crippen LogP contribution in [0.1, 0.15) is 39.9 Å². The van der Waals surface area contributed by atoms with Crippen molar-refractivity contribution in [1.82, 2.24) is 14.3 Å². The molecular formula is C23H23ClFN3O3. The van der Waals surface area contributed by atoms with Gasteiger partial charge in [0.15, 0.2) is 6.61 Å². The lowest BCUT2D eigenvalue weighted by Crippen LogP contribution is -2.13. The number of carbonyl (C=O) groups excluding carboxylic acids is 2. The lowest BCUT2D eigenvalue weighted by Gasteiger charge is -2.05. The van der Waals surface area contributed by atoms with Gasteiger partial charge in [0.05, 0.1) is 11.4 Å². The Morgan fingerprint density at radius 1 is 1.19 bits per heavy atom. The van der Waals surface area contributed by atoms with E-state index in [1.54, 1.807) is 25.1 Å². The quantitative estimate of drug-likeness (QED) is 0.297. The average molecular weight is 444 g/mol. The Morgan fingerprint density at radius 3 is 2.48 bits per heavy atom. The molecule has 0 fully saturated rings. The lowest BCUT2D eigenvalue weighted by molar-refractivity contribution is -0.136. The molecule has 0 aliphatic rings. The van der Waals surface area contributed by atoms with Crippen molar-refractivity contribution in [3.8, 4) is 5.69 Å². The number of nitrogens with zero attached hydrogens (tertiary/aromatic N) is 3. The second kappa shape index (κ2) is 9.31. The summed E-state index contributed by atoms with van der Waals surface area (Å²) in [5.74, 6) is -1.28. The van der Waals surface area contributed by atoms with E-state index in [2.05, 4.69) is 5.10 Å². The molecule has 162 valence electrons. The number of rotatable bonds is 7. The predicted molar refractivity (Wildman–Crippen MR) is 117 cm³/mol. The highest BCUT2D eigenvalue weighted by Crippen LogP contribution is 2.25. The van der Waals surface area contributed by atoms with E-state index in [0.29, 0.717) is 22.5 Å². The van der Waals surface area contributed by atoms with Crippen molar-refractivity contribution in [3.05, 3.63) is 75.6 Å². The molecule has 0 aliphatic carbocycles. The fraction of sp³-hybridized carbons (Fsp3) is 0.261. The largest absolute Gasteiger partial charge is 0.454 e. The maximum absolute atomic E-state index is 13.1. The summed E-state index contributed by atoms with van der Waals surface area (Å²) in [4.78, 5) is 24.6. The van der Waals surface area contributed by atoms with E-state index in [1.807, 2.05) is 25.3 Å². The molecule has 3 aromatic rings. The van der Waals surface area contributed by atoms with Crippen molar-refractivity contribution in [2.75, 3.05) is 6.61 Å². The number of ether oxygens (including phenoxy) is 1. The van der Waals surface area contributed by atoms with Crippen LogP contribution in [0.25, 0.3) is 11.8 Å². The van der Waals surface area contributed by atoms with Gasteiger partial charge in [-0.3, -0.25) is 4.79 Å². The number of esters is 1. The van der Waals surface area contributed by atoms with E-state index in [-0.39, 0.29) is 23.4 Å². The van der Waals surface area contributed by atoms with E-state index in [9.17, 15) is 14.0 Å². The zero-order valence-corrected chi connectivity index (χ0v) is 18.5. The molecule has 1 aromatic carbocycles. The molecule has 0 amide bonds. The topological polar surface area (TPSA) is 66.1 Å². The minimum atomic E-state index is -0.664. The number of aromatic nitrogens is 3. The molecule has 0 saturated heterocycles. The fourth-order valence-electron chi connectivity index (χ4n) is 3.44. The molecule has 3 rings (SSSR count). The summed E-state index contributed by atoms with van der Waals surface area (Å²) in [5, 5.41) is 4.61. The van der Waals surface area contributed by atoms with Gasteiger partial charge < -0.3 is 9.30 Å². The highest BCUT2D eigenvalue weighted by molar-refractivity contribution is 6.31. The first-order valence-corrected chi connectivity index (χ1v) is 10.2. The van der Waals surface area contributed by atoms with Crippen molar-refractivity contribution in [3.63, 3.8) is 0 Å². The highest BCUT2D eigenvalue weighted by Gasteiger charge is 2.17. The van der Waals surface area contributed by atoms with Crippen LogP contribution in [0, 0.1) is 26.6 Å². The third kappa shape index (κ3) is 4.77. The minimum Gasteiger partial charge on any atom is -0.454 e. The Labute approximate surface area is 184 Å². The Bertz CT molecular complexity index is 1160. The molecule has 31 heavy (non-hydrogen) atoms. The van der Waals surface area contributed by atoms with E-state index in [0.717, 1.165) is 17.9 Å². The molecule has 6 nitrogen and oxygen atoms in total. The van der Waals surface area contributed by atoms with Gasteiger partial charge in [0.25, 0.3) is 0 Å². The standard InChI is InChI=1S/C23H23ClFN3O3/c1-5-27-14(2)12-20(16(27)4)21(29)13-31-22(30)11-10-19-15(3)26-28(23(19)24)18-8-6-17(25)7-9-18/h6-12H,5,13H2,1-4H3/b11-10+. The summed E-state index contributed by atoms with van der Waals surface area (Å²) in [6, 6.07) is 7.53. The second-order valence-corrected chi connectivity index (χ2v) is 7.43. The van der Waals surface area contributed by atoms with Crippen LogP contribution in [0.3, 0.4) is 0 Å². The fourth-order valence-corrected chi connectivity index (χ4v) is 3.77. The van der Waals surface area contributed by atoms with Crippen molar-refractivity contribution in [1.29, 1.82) is 0 Å². The third-order valence-corrected chi connectivity index (χ3v) is 5.40. The van der Waals surface area contributed by atoms with E-state index >= 15 is 0 Å². The maximum Gasteiger partial charge on any atom is 0.331 e. The number of hydrogen-bond acceptors (Lipinski definition) is 4. The number of Topliss-reactive ketones (excluding diaryl/α,β-unsaturated/α-hetero) is 1. The minimum absolute atomic E-state index is 0.257. The number of hydrogen-bond donors (Lipinski definition) is 0. The number of benzene rings is 1. The van der Waals surface area contributed by atoms with Crippen molar-refractivity contribution >= 4 is 29.4 Å². The Balaban J connectivity index is 1.68. The van der Waals surface area contributed by atoms with Crippen LogP contribution in [-0.2, 0) is 16.1 Å². The van der Waals surface area contributed by atoms with Crippen LogP contribution in [0.2, 0.25) is 5.15 Å². The molecule has 0 radical (unpaired) electrons. The molecule has 0 N–H and O–H groups in total. The average Bonchev–Trinajstić information content (AvgIpc) is 3.19. The van der Waals surface area contributed by atoms with Gasteiger partial charge in [0.2, 0.25) is 5.78 Å². The monoisotopic (exact) mass is 443 g/mol. The second-order valence-electron chi connectivity index (χ2n) is 7.07. The van der Waals surface area contributed by atoms with Gasteiger partial charge in [-0.05, 0) is 64.1 Å². The number of carbonyl (C=O) groups is 2. The number of halogens is 2. The first-order chi connectivity index (χ1) is 14.7. The Morgan fingerprint density at radius 2 is 1.87 bits per heavy atom. The van der Waals surface area contributed by atoms with Crippen molar-refractivity contribution in [2.24, 2.45) is 0 Å². The highest BCUT2D eigenvalue weighted by atomic mass is 35.5. The van der Waals surface area contributed by atoms with Gasteiger partial charge in [-0.15, -0.1) is 0 Å². The van der Waals surface area contributed by atoms with E-state index < -0.39 is 5.97 Å². The van der Waals surface area contributed by atoms with E-state index in [1.165, 1.54) is 29.0 Å². The zero-order valence-electron chi connectivity index (χ0n) is 17.8. The lowest BCUT2D eigenvalue weighted by atomic mass is 10.1. The van der Waals surface area contributed by atoms with Gasteiger partial charge in [-0.25, -0.2) is 13.9 Å². The molecule has 2 heterocycles. The third-order valence-electron chi connectivity index (χ3n) is 5.04. The van der Waals surface area contributed by atoms with Crippen LogP contribution in [-0.4, -0.2) is 32.7 Å². The van der Waals surface area contributed by atoms with Gasteiger partial charge >= 0.3 is 5.97 Å². The van der Waals surface area contributed by atoms with Gasteiger partial charge in [-0.2, -0.15) is 5.10 Å². The summed E-state index contributed by atoms with van der Waals surface area (Å²) in [6.07, 6.45) is 2.69. The van der Waals surface area contributed by atoms with Gasteiger partial charge in [0.1, 0.15) is 11.0 Å². The van der Waals surface area contributed by atoms with Gasteiger partial charge in [0, 0.05) is 35.1 Å². The van der Waals surface area contributed by atoms with Crippen LogP contribution in [0.15, 0.2) is 36.4 Å². The summed E-state index contributed by atoms with van der Waals surface area (Å²) >= 11 is 6.39. The SMILES string of the molecule is CCn1c(C)cc(C(=O)COC(=O)/C=C/c2c(C)nn(-c3ccc(F)cc3)c2Cl)c1C. The molecule has 8 heteroatoms. The van der Waals surface area contributed by atoms with Crippen molar-refractivity contribution < 1.29 is 18.7 Å². The smallest absolute Gasteiger partial charge is 0.331 e. The summed E-state index contributed by atoms with van der Waals surface area (Å²) in [7, 11) is 0. The normalized spacial score (nSPS) is 11.3. The predicted octanol–water partition coefficient (Wildman–Crippen LogP) is 4.85. The molecule has 0 bridgehead atoms. The number of ketones is 1. The number of aryl methyl sites for hydroxylation is 2. The van der Waals surface area contributed by atoms with Gasteiger partial charge in [-0.1, -0.05) is 11.6 Å². The van der Waals surface area contributed by atoms with Crippen LogP contribution in [0.5, 0.6) is 0 Å². The summed E-state index contributed by atoms with van der Waals surface area (Å²) in [6.45, 7) is 7.96. The molecule has 0 aliphatic heterocycles.